The van der Waals surface area contributed by atoms with Gasteiger partial charge in [-0.05, 0) is 85.0 Å². The minimum absolute atomic E-state index is 0.0163. The van der Waals surface area contributed by atoms with E-state index in [1.165, 1.54) is 36.5 Å². The van der Waals surface area contributed by atoms with Crippen LogP contribution in [0.5, 0.6) is 0 Å². The second-order valence-corrected chi connectivity index (χ2v) is 15.1. The van der Waals surface area contributed by atoms with E-state index >= 15 is 4.39 Å². The highest BCUT2D eigenvalue weighted by molar-refractivity contribution is 6.04. The molecule has 0 spiro atoms. The molecule has 3 amide bonds. The number of pyridine rings is 3. The number of halogens is 2. The summed E-state index contributed by atoms with van der Waals surface area (Å²) in [6.45, 7) is 1.95. The molecule has 0 unspecified atom stereocenters. The number of anilines is 2. The molecule has 2 aliphatic heterocycles. The molecule has 2 saturated heterocycles. The van der Waals surface area contributed by atoms with Crippen molar-refractivity contribution in [2.45, 2.75) is 51.1 Å². The fraction of sp³-hybridized carbons (Fsp3) is 0.302. The molecule has 11 nitrogen and oxygen atoms in total. The Labute approximate surface area is 322 Å². The van der Waals surface area contributed by atoms with Gasteiger partial charge >= 0.3 is 0 Å². The Kier molecular flexibility index (Phi) is 9.92. The minimum atomic E-state index is -0.710. The van der Waals surface area contributed by atoms with Gasteiger partial charge in [0.15, 0.2) is 0 Å². The molecular weight excluding hydrogens is 717 g/mol. The molecule has 0 radical (unpaired) electrons. The molecule has 5 heterocycles. The number of rotatable bonds is 10. The van der Waals surface area contributed by atoms with Crippen molar-refractivity contribution in [3.63, 3.8) is 0 Å². The Hall–Kier alpha value is -6.24. The van der Waals surface area contributed by atoms with Crippen molar-refractivity contribution in [3.05, 3.63) is 118 Å². The van der Waals surface area contributed by atoms with Gasteiger partial charge in [0.2, 0.25) is 17.2 Å². The molecule has 1 atom stereocenters. The van der Waals surface area contributed by atoms with Crippen molar-refractivity contribution in [3.8, 4) is 33.5 Å². The van der Waals surface area contributed by atoms with E-state index in [4.69, 9.17) is 5.73 Å². The smallest absolute Gasteiger partial charge is 0.261 e. The number of hydrogen-bond acceptors (Lipinski definition) is 7. The van der Waals surface area contributed by atoms with E-state index in [2.05, 4.69) is 15.3 Å². The van der Waals surface area contributed by atoms with Gasteiger partial charge in [-0.15, -0.1) is 0 Å². The summed E-state index contributed by atoms with van der Waals surface area (Å²) < 4.78 is 31.2. The number of benzene rings is 2. The summed E-state index contributed by atoms with van der Waals surface area (Å²) in [7, 11) is 1.69. The summed E-state index contributed by atoms with van der Waals surface area (Å²) in [5.41, 5.74) is 9.40. The van der Waals surface area contributed by atoms with Crippen molar-refractivity contribution in [1.82, 2.24) is 24.3 Å². The highest BCUT2D eigenvalue weighted by Crippen LogP contribution is 2.34. The summed E-state index contributed by atoms with van der Waals surface area (Å²) in [6, 6.07) is 16.3. The van der Waals surface area contributed by atoms with Crippen LogP contribution in [0, 0.1) is 23.5 Å². The Bertz CT molecular complexity index is 2390. The first-order valence-electron chi connectivity index (χ1n) is 18.9. The first kappa shape index (κ1) is 36.7. The predicted molar refractivity (Wildman–Crippen MR) is 208 cm³/mol. The van der Waals surface area contributed by atoms with Crippen LogP contribution in [0.15, 0.2) is 90.2 Å². The van der Waals surface area contributed by atoms with Crippen LogP contribution in [0.4, 0.5) is 20.3 Å². The molecule has 3 N–H and O–H groups in total. The van der Waals surface area contributed by atoms with Crippen molar-refractivity contribution >= 4 is 29.2 Å². The molecule has 56 heavy (non-hydrogen) atoms. The van der Waals surface area contributed by atoms with Gasteiger partial charge in [-0.2, -0.15) is 0 Å². The van der Waals surface area contributed by atoms with Crippen molar-refractivity contribution in [1.29, 1.82) is 0 Å². The number of nitrogens with one attached hydrogen (secondary N) is 1. The van der Waals surface area contributed by atoms with Crippen LogP contribution < -0.4 is 16.5 Å². The lowest BCUT2D eigenvalue weighted by atomic mass is 9.85. The lowest BCUT2D eigenvalue weighted by Gasteiger charge is -2.41. The molecule has 2 aromatic carbocycles. The molecule has 3 fully saturated rings. The average Bonchev–Trinajstić information content (AvgIpc) is 3.49. The topological polar surface area (TPSA) is 144 Å². The Morgan fingerprint density at radius 2 is 1.64 bits per heavy atom. The highest BCUT2D eigenvalue weighted by atomic mass is 19.1. The molecule has 3 aliphatic rings. The molecule has 8 rings (SSSR count). The van der Waals surface area contributed by atoms with Crippen molar-refractivity contribution in [2.24, 2.45) is 11.8 Å². The lowest BCUT2D eigenvalue weighted by Crippen LogP contribution is -2.56. The first-order valence-corrected chi connectivity index (χ1v) is 18.9. The maximum Gasteiger partial charge on any atom is 0.261 e. The van der Waals surface area contributed by atoms with Gasteiger partial charge in [-0.3, -0.25) is 24.2 Å². The van der Waals surface area contributed by atoms with Gasteiger partial charge in [0, 0.05) is 74.1 Å². The number of carbonyl (C=O) groups excluding carboxylic acids is 3. The van der Waals surface area contributed by atoms with Crippen LogP contribution in [0.25, 0.3) is 33.5 Å². The van der Waals surface area contributed by atoms with Gasteiger partial charge in [-0.25, -0.2) is 13.8 Å². The fourth-order valence-electron chi connectivity index (χ4n) is 7.80. The second-order valence-electron chi connectivity index (χ2n) is 15.1. The molecule has 3 aromatic heterocycles. The fourth-order valence-corrected chi connectivity index (χ4v) is 7.80. The van der Waals surface area contributed by atoms with Gasteiger partial charge in [0.25, 0.3) is 5.91 Å². The van der Waals surface area contributed by atoms with Crippen LogP contribution >= 0.6 is 0 Å². The zero-order valence-corrected chi connectivity index (χ0v) is 30.9. The zero-order valence-electron chi connectivity index (χ0n) is 30.9. The standard InChI is InChI=1S/C43H41F2N7O4/c1-50-38(13-14-39(50)53)43(56)52-21-27(22-52)15-25-5-7-28(8-6-25)29-16-33(41(46)48-18-29)32-11-10-31(17-36(32)45)49-42(55)35-24-51(20-26-3-2-4-26)23-34(40(35)54)37-12-9-30(44)19-47-37/h5-12,16-19,23-24,26-27,38H,2-4,13-15,20-22H2,1H3,(H2,46,48)(H,49,55)/t38-/m0/s1. The molecule has 286 valence electrons. The number of amides is 3. The Balaban J connectivity index is 0.949. The highest BCUT2D eigenvalue weighted by Gasteiger charge is 2.40. The van der Waals surface area contributed by atoms with E-state index < -0.39 is 23.0 Å². The van der Waals surface area contributed by atoms with E-state index in [9.17, 15) is 23.6 Å². The van der Waals surface area contributed by atoms with Crippen LogP contribution in [-0.2, 0) is 22.6 Å². The molecule has 5 aromatic rings. The van der Waals surface area contributed by atoms with Gasteiger partial charge in [0.05, 0.1) is 17.5 Å². The van der Waals surface area contributed by atoms with E-state index in [1.54, 1.807) is 35.0 Å². The van der Waals surface area contributed by atoms with Crippen LogP contribution in [-0.4, -0.2) is 68.2 Å². The van der Waals surface area contributed by atoms with Gasteiger partial charge < -0.3 is 25.4 Å². The first-order chi connectivity index (χ1) is 27.0. The summed E-state index contributed by atoms with van der Waals surface area (Å²) in [5, 5.41) is 2.66. The molecule has 0 bridgehead atoms. The predicted octanol–water partition coefficient (Wildman–Crippen LogP) is 6.17. The summed E-state index contributed by atoms with van der Waals surface area (Å²) in [5.74, 6) is -0.954. The second kappa shape index (κ2) is 15.1. The largest absolute Gasteiger partial charge is 0.383 e. The average molecular weight is 758 g/mol. The van der Waals surface area contributed by atoms with Crippen molar-refractivity contribution < 1.29 is 23.2 Å². The third-order valence-electron chi connectivity index (χ3n) is 11.3. The molecule has 1 aliphatic carbocycles. The minimum Gasteiger partial charge on any atom is -0.383 e. The normalized spacial score (nSPS) is 17.1. The van der Waals surface area contributed by atoms with E-state index in [-0.39, 0.29) is 51.7 Å². The van der Waals surface area contributed by atoms with Crippen molar-refractivity contribution in [2.75, 3.05) is 31.2 Å². The number of carbonyl (C=O) groups is 3. The number of nitrogens with two attached hydrogens (primary N) is 1. The maximum absolute atomic E-state index is 15.8. The monoisotopic (exact) mass is 757 g/mol. The number of hydrogen-bond donors (Lipinski definition) is 2. The summed E-state index contributed by atoms with van der Waals surface area (Å²) >= 11 is 0. The van der Waals surface area contributed by atoms with E-state index in [0.717, 1.165) is 48.6 Å². The van der Waals surface area contributed by atoms with Gasteiger partial charge in [-0.1, -0.05) is 30.7 Å². The molecular formula is C43H41F2N7O4. The summed E-state index contributed by atoms with van der Waals surface area (Å²) in [4.78, 5) is 63.6. The number of likely N-dealkylation sites (tertiary alicyclic amines) is 2. The quantitative estimate of drug-likeness (QED) is 0.173. The van der Waals surface area contributed by atoms with E-state index in [0.29, 0.717) is 49.9 Å². The van der Waals surface area contributed by atoms with Gasteiger partial charge in [0.1, 0.15) is 29.1 Å². The van der Waals surface area contributed by atoms with Crippen LogP contribution in [0.1, 0.15) is 48.0 Å². The Morgan fingerprint density at radius 1 is 0.857 bits per heavy atom. The van der Waals surface area contributed by atoms with Crippen LogP contribution in [0.3, 0.4) is 0 Å². The maximum atomic E-state index is 15.8. The number of nitrogen functional groups attached to an aromatic ring is 1. The summed E-state index contributed by atoms with van der Waals surface area (Å²) in [6.07, 6.45) is 10.8. The molecule has 13 heteroatoms. The Morgan fingerprint density at radius 3 is 2.30 bits per heavy atom. The SMILES string of the molecule is CN1C(=O)CC[C@H]1C(=O)N1CC(Cc2ccc(-c3cnc(N)c(-c4ccc(NC(=O)c5cn(CC6CCC6)cc(-c6ccc(F)cn6)c5=O)cc4F)c3)cc2)C1. The third kappa shape index (κ3) is 7.40. The number of aromatic nitrogens is 3. The number of nitrogens with zero attached hydrogens (tertiary/aromatic N) is 5. The number of likely N-dealkylation sites (N-methyl/N-ethyl adjacent to an activating group) is 1. The third-order valence-corrected chi connectivity index (χ3v) is 11.3. The zero-order chi connectivity index (χ0) is 39.1. The van der Waals surface area contributed by atoms with E-state index in [1.807, 2.05) is 29.2 Å². The molecule has 1 saturated carbocycles. The van der Waals surface area contributed by atoms with Crippen LogP contribution in [0.2, 0.25) is 0 Å². The lowest BCUT2D eigenvalue weighted by molar-refractivity contribution is -0.145.